The SMILES string of the molecule is CCCCOC(=O)OC(=O)OCCCC.O=C(O)/C=C\C(=O)O. The van der Waals surface area contributed by atoms with Crippen molar-refractivity contribution in [2.45, 2.75) is 39.5 Å². The highest BCUT2D eigenvalue weighted by Crippen LogP contribution is 1.95. The molecule has 0 radical (unpaired) electrons. The number of carbonyl (C=O) groups is 4. The molecule has 0 aliphatic rings. The molecule has 0 saturated carbocycles. The topological polar surface area (TPSA) is 136 Å². The number of ether oxygens (including phenoxy) is 3. The summed E-state index contributed by atoms with van der Waals surface area (Å²) in [5, 5.41) is 15.6. The maximum atomic E-state index is 10.8. The average molecular weight is 334 g/mol. The maximum Gasteiger partial charge on any atom is 0.518 e. The molecule has 0 aliphatic heterocycles. The minimum Gasteiger partial charge on any atom is -0.478 e. The van der Waals surface area contributed by atoms with E-state index in [1.807, 2.05) is 13.8 Å². The quantitative estimate of drug-likeness (QED) is 0.297. The van der Waals surface area contributed by atoms with Gasteiger partial charge in [-0.15, -0.1) is 0 Å². The minimum atomic E-state index is -1.26. The minimum absolute atomic E-state index is 0.261. The van der Waals surface area contributed by atoms with Crippen LogP contribution in [0.2, 0.25) is 0 Å². The fourth-order valence-electron chi connectivity index (χ4n) is 0.869. The molecule has 0 aromatic rings. The van der Waals surface area contributed by atoms with E-state index in [-0.39, 0.29) is 13.2 Å². The van der Waals surface area contributed by atoms with E-state index in [0.717, 1.165) is 25.7 Å². The summed E-state index contributed by atoms with van der Waals surface area (Å²) in [5.74, 6) is -2.51. The van der Waals surface area contributed by atoms with Gasteiger partial charge in [0.1, 0.15) is 0 Å². The van der Waals surface area contributed by atoms with Gasteiger partial charge in [-0.3, -0.25) is 0 Å². The second kappa shape index (κ2) is 15.8. The third kappa shape index (κ3) is 21.9. The van der Waals surface area contributed by atoms with Gasteiger partial charge < -0.3 is 24.4 Å². The van der Waals surface area contributed by atoms with Crippen LogP contribution in [-0.2, 0) is 23.8 Å². The smallest absolute Gasteiger partial charge is 0.478 e. The van der Waals surface area contributed by atoms with E-state index in [1.165, 1.54) is 0 Å². The van der Waals surface area contributed by atoms with Crippen molar-refractivity contribution >= 4 is 24.2 Å². The summed E-state index contributed by atoms with van der Waals surface area (Å²) in [5.41, 5.74) is 0. The van der Waals surface area contributed by atoms with Crippen molar-refractivity contribution in [3.05, 3.63) is 12.2 Å². The molecule has 0 fully saturated rings. The number of carboxylic acid groups (broad SMARTS) is 2. The Balaban J connectivity index is 0. The van der Waals surface area contributed by atoms with Crippen molar-refractivity contribution in [1.82, 2.24) is 0 Å². The first-order valence-corrected chi connectivity index (χ1v) is 6.98. The van der Waals surface area contributed by atoms with Crippen LogP contribution in [0.5, 0.6) is 0 Å². The summed E-state index contributed by atoms with van der Waals surface area (Å²) in [7, 11) is 0. The molecular formula is C14H22O9. The number of hydrogen-bond acceptors (Lipinski definition) is 7. The predicted octanol–water partition coefficient (Wildman–Crippen LogP) is 2.59. The average Bonchev–Trinajstić information content (AvgIpc) is 2.46. The Morgan fingerprint density at radius 3 is 1.39 bits per heavy atom. The first-order valence-electron chi connectivity index (χ1n) is 6.98. The van der Waals surface area contributed by atoms with Crippen molar-refractivity contribution in [3.63, 3.8) is 0 Å². The van der Waals surface area contributed by atoms with Crippen molar-refractivity contribution in [2.24, 2.45) is 0 Å². The maximum absolute atomic E-state index is 10.8. The van der Waals surface area contributed by atoms with Crippen LogP contribution in [0.15, 0.2) is 12.2 Å². The van der Waals surface area contributed by atoms with Gasteiger partial charge in [-0.05, 0) is 12.8 Å². The van der Waals surface area contributed by atoms with Gasteiger partial charge in [0.05, 0.1) is 13.2 Å². The van der Waals surface area contributed by atoms with Crippen molar-refractivity contribution in [1.29, 1.82) is 0 Å². The van der Waals surface area contributed by atoms with E-state index in [0.29, 0.717) is 12.2 Å². The molecule has 0 amide bonds. The lowest BCUT2D eigenvalue weighted by molar-refractivity contribution is -0.134. The lowest BCUT2D eigenvalue weighted by Gasteiger charge is -2.04. The molecule has 0 aromatic carbocycles. The second-order valence-electron chi connectivity index (χ2n) is 4.02. The molecule has 9 heteroatoms. The van der Waals surface area contributed by atoms with Gasteiger partial charge in [0.25, 0.3) is 0 Å². The lowest BCUT2D eigenvalue weighted by Crippen LogP contribution is -2.16. The molecule has 0 unspecified atom stereocenters. The molecule has 0 saturated heterocycles. The Bertz CT molecular complexity index is 365. The highest BCUT2D eigenvalue weighted by atomic mass is 16.8. The molecule has 0 heterocycles. The van der Waals surface area contributed by atoms with Crippen LogP contribution in [0.25, 0.3) is 0 Å². The highest BCUT2D eigenvalue weighted by molar-refractivity contribution is 5.89. The zero-order chi connectivity index (χ0) is 18.1. The van der Waals surface area contributed by atoms with E-state index in [2.05, 4.69) is 14.2 Å². The van der Waals surface area contributed by atoms with E-state index >= 15 is 0 Å². The molecule has 9 nitrogen and oxygen atoms in total. The van der Waals surface area contributed by atoms with Crippen LogP contribution in [0, 0.1) is 0 Å². The van der Waals surface area contributed by atoms with E-state index in [9.17, 15) is 19.2 Å². The number of hydrogen-bond donors (Lipinski definition) is 2. The summed E-state index contributed by atoms with van der Waals surface area (Å²) in [6.45, 7) is 4.45. The van der Waals surface area contributed by atoms with Gasteiger partial charge in [0, 0.05) is 12.2 Å². The number of unbranched alkanes of at least 4 members (excludes halogenated alkanes) is 2. The number of rotatable bonds is 8. The Hall–Kier alpha value is -2.58. The van der Waals surface area contributed by atoms with E-state index < -0.39 is 24.2 Å². The molecular weight excluding hydrogens is 312 g/mol. The number of carboxylic acids is 2. The summed E-state index contributed by atoms with van der Waals surface area (Å²) < 4.78 is 13.4. The highest BCUT2D eigenvalue weighted by Gasteiger charge is 2.12. The largest absolute Gasteiger partial charge is 0.518 e. The van der Waals surface area contributed by atoms with Gasteiger partial charge in [-0.25, -0.2) is 19.2 Å². The first kappa shape index (κ1) is 22.7. The summed E-state index contributed by atoms with van der Waals surface area (Å²) in [6.07, 6.45) is 2.45. The van der Waals surface area contributed by atoms with Crippen LogP contribution in [0.4, 0.5) is 9.59 Å². The van der Waals surface area contributed by atoms with E-state index in [1.54, 1.807) is 0 Å². The predicted molar refractivity (Wildman–Crippen MR) is 78.0 cm³/mol. The van der Waals surface area contributed by atoms with Gasteiger partial charge in [0.15, 0.2) is 0 Å². The Morgan fingerprint density at radius 2 is 1.13 bits per heavy atom. The molecule has 0 aromatic heterocycles. The Labute approximate surface area is 133 Å². The third-order valence-electron chi connectivity index (χ3n) is 1.97. The van der Waals surface area contributed by atoms with Crippen LogP contribution >= 0.6 is 0 Å². The molecule has 0 aliphatic carbocycles. The zero-order valence-electron chi connectivity index (χ0n) is 13.1. The normalized spacial score (nSPS) is 9.48. The van der Waals surface area contributed by atoms with Crippen molar-refractivity contribution in [3.8, 4) is 0 Å². The third-order valence-corrected chi connectivity index (χ3v) is 1.97. The van der Waals surface area contributed by atoms with Gasteiger partial charge >= 0.3 is 24.2 Å². The molecule has 0 atom stereocenters. The fourth-order valence-corrected chi connectivity index (χ4v) is 0.869. The molecule has 0 spiro atoms. The van der Waals surface area contributed by atoms with Crippen molar-refractivity contribution < 1.29 is 43.6 Å². The number of carbonyl (C=O) groups excluding carboxylic acids is 2. The summed E-state index contributed by atoms with van der Waals surface area (Å²) in [6, 6.07) is 0. The Kier molecular flexibility index (Phi) is 15.6. The van der Waals surface area contributed by atoms with Crippen LogP contribution in [0.3, 0.4) is 0 Å². The Morgan fingerprint density at radius 1 is 0.783 bits per heavy atom. The van der Waals surface area contributed by atoms with Crippen molar-refractivity contribution in [2.75, 3.05) is 13.2 Å². The first-order chi connectivity index (χ1) is 10.8. The summed E-state index contributed by atoms with van der Waals surface area (Å²) >= 11 is 0. The molecule has 132 valence electrons. The molecule has 0 bridgehead atoms. The van der Waals surface area contributed by atoms with Crippen LogP contribution < -0.4 is 0 Å². The van der Waals surface area contributed by atoms with E-state index in [4.69, 9.17) is 10.2 Å². The van der Waals surface area contributed by atoms with Gasteiger partial charge in [-0.1, -0.05) is 26.7 Å². The summed E-state index contributed by atoms with van der Waals surface area (Å²) in [4.78, 5) is 40.7. The second-order valence-corrected chi connectivity index (χ2v) is 4.02. The van der Waals surface area contributed by atoms with Crippen LogP contribution in [-0.4, -0.2) is 47.7 Å². The van der Waals surface area contributed by atoms with Gasteiger partial charge in [0.2, 0.25) is 0 Å². The lowest BCUT2D eigenvalue weighted by atomic mass is 10.4. The standard InChI is InChI=1S/C10H18O5.C4H4O4/c1-3-5-7-13-9(11)15-10(12)14-8-6-4-2;5-3(6)1-2-4(7)8/h3-8H2,1-2H3;1-2H,(H,5,6)(H,7,8)/b;2-1-. The molecule has 2 N–H and O–H groups in total. The zero-order valence-corrected chi connectivity index (χ0v) is 13.1. The van der Waals surface area contributed by atoms with Gasteiger partial charge in [-0.2, -0.15) is 0 Å². The molecule has 23 heavy (non-hydrogen) atoms. The monoisotopic (exact) mass is 334 g/mol. The molecule has 0 rings (SSSR count). The fraction of sp³-hybridized carbons (Fsp3) is 0.571. The number of aliphatic carboxylic acids is 2. The van der Waals surface area contributed by atoms with Crippen LogP contribution in [0.1, 0.15) is 39.5 Å².